The Morgan fingerprint density at radius 2 is 2.25 bits per heavy atom. The molecule has 0 bridgehead atoms. The Balaban J connectivity index is 1.52. The number of piperidine rings is 1. The first kappa shape index (κ1) is 17.0. The summed E-state index contributed by atoms with van der Waals surface area (Å²) in [5, 5.41) is 3.19. The number of carbonyl (C=O) groups is 1. The fourth-order valence-corrected chi connectivity index (χ4v) is 3.39. The Bertz CT molecular complexity index is 521. The summed E-state index contributed by atoms with van der Waals surface area (Å²) < 4.78 is 5.42. The van der Waals surface area contributed by atoms with E-state index in [9.17, 15) is 4.79 Å². The number of aromatic nitrogens is 2. The average molecular weight is 333 g/mol. The molecule has 2 aliphatic heterocycles. The van der Waals surface area contributed by atoms with Gasteiger partial charge in [-0.05, 0) is 32.3 Å². The molecule has 7 heteroatoms. The van der Waals surface area contributed by atoms with Crippen LogP contribution in [0.5, 0.6) is 0 Å². The highest BCUT2D eigenvalue weighted by Gasteiger charge is 2.26. The molecule has 2 saturated heterocycles. The molecule has 2 amide bonds. The van der Waals surface area contributed by atoms with Gasteiger partial charge in [0.2, 0.25) is 5.95 Å². The lowest BCUT2D eigenvalue weighted by Crippen LogP contribution is -2.52. The van der Waals surface area contributed by atoms with Crippen molar-refractivity contribution in [2.24, 2.45) is 5.92 Å². The number of ether oxygens (including phenoxy) is 1. The van der Waals surface area contributed by atoms with Crippen molar-refractivity contribution in [1.82, 2.24) is 20.2 Å². The molecule has 2 aliphatic rings. The zero-order chi connectivity index (χ0) is 16.8. The summed E-state index contributed by atoms with van der Waals surface area (Å²) in [6.45, 7) is 6.82. The van der Waals surface area contributed by atoms with E-state index in [0.717, 1.165) is 64.6 Å². The van der Waals surface area contributed by atoms with E-state index < -0.39 is 0 Å². The van der Waals surface area contributed by atoms with Crippen LogP contribution in [0, 0.1) is 5.92 Å². The van der Waals surface area contributed by atoms with E-state index >= 15 is 0 Å². The Kier molecular flexibility index (Phi) is 5.85. The van der Waals surface area contributed by atoms with E-state index in [0.29, 0.717) is 5.92 Å². The summed E-state index contributed by atoms with van der Waals surface area (Å²) >= 11 is 0. The standard InChI is InChI=1S/C17H27N5O2/c1-2-21(11-14-6-10-24-13-14)17(23)20-15-5-3-9-22(12-15)16-18-7-4-8-19-16/h4,7-8,14-15H,2-3,5-6,9-13H2,1H3,(H,20,23)/t14-,15-/m1/s1. The molecular formula is C17H27N5O2. The minimum atomic E-state index is 0.0326. The lowest BCUT2D eigenvalue weighted by atomic mass is 10.1. The number of hydrogen-bond donors (Lipinski definition) is 1. The van der Waals surface area contributed by atoms with Crippen molar-refractivity contribution in [1.29, 1.82) is 0 Å². The van der Waals surface area contributed by atoms with Gasteiger partial charge in [0.25, 0.3) is 0 Å². The highest BCUT2D eigenvalue weighted by atomic mass is 16.5. The third kappa shape index (κ3) is 4.35. The van der Waals surface area contributed by atoms with Gasteiger partial charge in [0.1, 0.15) is 0 Å². The summed E-state index contributed by atoms with van der Waals surface area (Å²) in [6.07, 6.45) is 6.59. The van der Waals surface area contributed by atoms with E-state index in [2.05, 4.69) is 20.2 Å². The normalized spacial score (nSPS) is 24.0. The topological polar surface area (TPSA) is 70.6 Å². The molecule has 0 saturated carbocycles. The van der Waals surface area contributed by atoms with E-state index in [4.69, 9.17) is 4.74 Å². The van der Waals surface area contributed by atoms with Gasteiger partial charge in [-0.2, -0.15) is 0 Å². The van der Waals surface area contributed by atoms with Crippen LogP contribution < -0.4 is 10.2 Å². The third-order valence-corrected chi connectivity index (χ3v) is 4.76. The zero-order valence-electron chi connectivity index (χ0n) is 14.4. The Labute approximate surface area is 143 Å². The zero-order valence-corrected chi connectivity index (χ0v) is 14.4. The fraction of sp³-hybridized carbons (Fsp3) is 0.706. The third-order valence-electron chi connectivity index (χ3n) is 4.76. The van der Waals surface area contributed by atoms with Crippen LogP contribution in [0.25, 0.3) is 0 Å². The number of nitrogens with one attached hydrogen (secondary N) is 1. The molecule has 0 spiro atoms. The Morgan fingerprint density at radius 3 is 2.96 bits per heavy atom. The predicted molar refractivity (Wildman–Crippen MR) is 92.0 cm³/mol. The van der Waals surface area contributed by atoms with Crippen LogP contribution in [0.2, 0.25) is 0 Å². The molecule has 0 aromatic carbocycles. The number of carbonyl (C=O) groups excluding carboxylic acids is 1. The molecule has 1 aromatic rings. The number of nitrogens with zero attached hydrogens (tertiary/aromatic N) is 4. The van der Waals surface area contributed by atoms with Crippen molar-refractivity contribution < 1.29 is 9.53 Å². The van der Waals surface area contributed by atoms with Gasteiger partial charge in [-0.25, -0.2) is 14.8 Å². The van der Waals surface area contributed by atoms with Crippen molar-refractivity contribution in [3.05, 3.63) is 18.5 Å². The lowest BCUT2D eigenvalue weighted by molar-refractivity contribution is 0.164. The first-order valence-electron chi connectivity index (χ1n) is 8.91. The second kappa shape index (κ2) is 8.28. The second-order valence-corrected chi connectivity index (χ2v) is 6.55. The van der Waals surface area contributed by atoms with Gasteiger partial charge in [-0.1, -0.05) is 0 Å². The molecule has 0 aliphatic carbocycles. The van der Waals surface area contributed by atoms with Crippen LogP contribution in [0.1, 0.15) is 26.2 Å². The minimum absolute atomic E-state index is 0.0326. The second-order valence-electron chi connectivity index (χ2n) is 6.55. The molecule has 24 heavy (non-hydrogen) atoms. The number of amides is 2. The first-order valence-corrected chi connectivity index (χ1v) is 8.91. The summed E-state index contributed by atoms with van der Waals surface area (Å²) in [7, 11) is 0. The Morgan fingerprint density at radius 1 is 1.42 bits per heavy atom. The average Bonchev–Trinajstić information content (AvgIpc) is 3.14. The van der Waals surface area contributed by atoms with Crippen molar-refractivity contribution in [3.8, 4) is 0 Å². The van der Waals surface area contributed by atoms with Crippen molar-refractivity contribution in [2.45, 2.75) is 32.2 Å². The maximum absolute atomic E-state index is 12.6. The lowest BCUT2D eigenvalue weighted by Gasteiger charge is -2.34. The van der Waals surface area contributed by atoms with Gasteiger partial charge in [0, 0.05) is 57.1 Å². The van der Waals surface area contributed by atoms with Gasteiger partial charge in [0.05, 0.1) is 6.61 Å². The van der Waals surface area contributed by atoms with E-state index in [1.165, 1.54) is 0 Å². The van der Waals surface area contributed by atoms with Crippen molar-refractivity contribution in [3.63, 3.8) is 0 Å². The van der Waals surface area contributed by atoms with E-state index in [-0.39, 0.29) is 12.1 Å². The van der Waals surface area contributed by atoms with E-state index in [1.807, 2.05) is 17.9 Å². The summed E-state index contributed by atoms with van der Waals surface area (Å²) in [5.41, 5.74) is 0. The van der Waals surface area contributed by atoms with Gasteiger partial charge < -0.3 is 19.9 Å². The van der Waals surface area contributed by atoms with Crippen LogP contribution in [0.15, 0.2) is 18.5 Å². The monoisotopic (exact) mass is 333 g/mol. The quantitative estimate of drug-likeness (QED) is 0.884. The molecule has 2 atom stereocenters. The van der Waals surface area contributed by atoms with Crippen molar-refractivity contribution >= 4 is 12.0 Å². The first-order chi connectivity index (χ1) is 11.8. The largest absolute Gasteiger partial charge is 0.381 e. The molecule has 132 valence electrons. The molecule has 7 nitrogen and oxygen atoms in total. The maximum atomic E-state index is 12.6. The highest BCUT2D eigenvalue weighted by molar-refractivity contribution is 5.74. The van der Waals surface area contributed by atoms with Crippen LogP contribution in [-0.4, -0.2) is 66.3 Å². The molecule has 0 radical (unpaired) electrons. The number of urea groups is 1. The fourth-order valence-electron chi connectivity index (χ4n) is 3.39. The van der Waals surface area contributed by atoms with Crippen LogP contribution >= 0.6 is 0 Å². The smallest absolute Gasteiger partial charge is 0.317 e. The van der Waals surface area contributed by atoms with Gasteiger partial charge in [0.15, 0.2) is 0 Å². The molecule has 0 unspecified atom stereocenters. The summed E-state index contributed by atoms with van der Waals surface area (Å²) in [5.74, 6) is 1.21. The highest BCUT2D eigenvalue weighted by Crippen LogP contribution is 2.17. The molecular weight excluding hydrogens is 306 g/mol. The van der Waals surface area contributed by atoms with E-state index in [1.54, 1.807) is 12.4 Å². The molecule has 1 N–H and O–H groups in total. The molecule has 2 fully saturated rings. The number of hydrogen-bond acceptors (Lipinski definition) is 5. The summed E-state index contributed by atoms with van der Waals surface area (Å²) in [4.78, 5) is 25.3. The van der Waals surface area contributed by atoms with Gasteiger partial charge in [-0.3, -0.25) is 0 Å². The minimum Gasteiger partial charge on any atom is -0.381 e. The number of anilines is 1. The SMILES string of the molecule is CCN(C[C@H]1CCOC1)C(=O)N[C@@H]1CCCN(c2ncccn2)C1. The van der Waals surface area contributed by atoms with Crippen LogP contribution in [-0.2, 0) is 4.74 Å². The molecule has 1 aromatic heterocycles. The Hall–Kier alpha value is -1.89. The molecule has 3 heterocycles. The van der Waals surface area contributed by atoms with Crippen LogP contribution in [0.3, 0.4) is 0 Å². The maximum Gasteiger partial charge on any atom is 0.317 e. The van der Waals surface area contributed by atoms with Crippen LogP contribution in [0.4, 0.5) is 10.7 Å². The number of rotatable bonds is 5. The van der Waals surface area contributed by atoms with Gasteiger partial charge >= 0.3 is 6.03 Å². The van der Waals surface area contributed by atoms with Gasteiger partial charge in [-0.15, -0.1) is 0 Å². The predicted octanol–water partition coefficient (Wildman–Crippen LogP) is 1.51. The summed E-state index contributed by atoms with van der Waals surface area (Å²) in [6, 6.07) is 1.99. The van der Waals surface area contributed by atoms with Crippen molar-refractivity contribution in [2.75, 3.05) is 44.3 Å². The molecule has 3 rings (SSSR count).